The molecule has 0 spiro atoms. The molecule has 0 saturated heterocycles. The van der Waals surface area contributed by atoms with Gasteiger partial charge >= 0.3 is 0 Å². The van der Waals surface area contributed by atoms with Crippen LogP contribution in [-0.4, -0.2) is 37.7 Å². The minimum atomic E-state index is -3.34. The second-order valence-corrected chi connectivity index (χ2v) is 8.26. The molecule has 2 rings (SSSR count). The first-order valence-electron chi connectivity index (χ1n) is 6.73. The molecule has 1 aromatic carbocycles. The molecule has 6 heteroatoms. The van der Waals surface area contributed by atoms with Crippen molar-refractivity contribution >= 4 is 21.6 Å². The molecule has 0 aliphatic heterocycles. The van der Waals surface area contributed by atoms with Gasteiger partial charge in [-0.05, 0) is 55.7 Å². The van der Waals surface area contributed by atoms with E-state index in [9.17, 15) is 13.5 Å². The summed E-state index contributed by atoms with van der Waals surface area (Å²) < 4.78 is 24.8. The Labute approximate surface area is 124 Å². The maximum atomic E-state index is 12.4. The number of aliphatic hydroxyl groups is 1. The molecule has 20 heavy (non-hydrogen) atoms. The van der Waals surface area contributed by atoms with E-state index in [1.165, 1.54) is 0 Å². The molecular formula is C14H21NO3S2. The number of nitrogens with two attached hydrogens (primary N) is 1. The maximum Gasteiger partial charge on any atom is 0.178 e. The average Bonchev–Trinajstić information content (AvgIpc) is 2.43. The summed E-state index contributed by atoms with van der Waals surface area (Å²) >= 11 is 1.58. The van der Waals surface area contributed by atoms with E-state index in [-0.39, 0.29) is 17.7 Å². The van der Waals surface area contributed by atoms with Gasteiger partial charge in [-0.2, -0.15) is 0 Å². The van der Waals surface area contributed by atoms with Gasteiger partial charge in [0.25, 0.3) is 0 Å². The van der Waals surface area contributed by atoms with Crippen LogP contribution in [0.2, 0.25) is 0 Å². The molecule has 3 N–H and O–H groups in total. The van der Waals surface area contributed by atoms with Crippen molar-refractivity contribution in [3.8, 4) is 0 Å². The van der Waals surface area contributed by atoms with Crippen LogP contribution < -0.4 is 5.73 Å². The van der Waals surface area contributed by atoms with Crippen molar-refractivity contribution in [1.29, 1.82) is 0 Å². The first kappa shape index (κ1) is 15.8. The molecule has 3 atom stereocenters. The molecule has 0 heterocycles. The van der Waals surface area contributed by atoms with Gasteiger partial charge in [0.15, 0.2) is 9.84 Å². The number of hydrogen-bond acceptors (Lipinski definition) is 5. The maximum absolute atomic E-state index is 12.4. The zero-order chi connectivity index (χ0) is 14.8. The van der Waals surface area contributed by atoms with Gasteiger partial charge < -0.3 is 10.8 Å². The third kappa shape index (κ3) is 3.75. The van der Waals surface area contributed by atoms with Gasteiger partial charge in [0.2, 0.25) is 0 Å². The minimum absolute atomic E-state index is 0.0177. The van der Waals surface area contributed by atoms with Crippen molar-refractivity contribution < 1.29 is 13.5 Å². The normalized spacial score (nSPS) is 27.4. The van der Waals surface area contributed by atoms with Crippen LogP contribution in [-0.2, 0) is 9.84 Å². The van der Waals surface area contributed by atoms with E-state index in [0.29, 0.717) is 24.2 Å². The molecule has 1 aromatic rings. The molecule has 1 aliphatic rings. The summed E-state index contributed by atoms with van der Waals surface area (Å²) in [5.41, 5.74) is 5.99. The van der Waals surface area contributed by atoms with Crippen molar-refractivity contribution in [2.75, 3.05) is 12.0 Å². The van der Waals surface area contributed by atoms with Crippen LogP contribution in [0.15, 0.2) is 34.1 Å². The zero-order valence-electron chi connectivity index (χ0n) is 11.5. The number of sulfone groups is 1. The third-order valence-electron chi connectivity index (χ3n) is 3.87. The van der Waals surface area contributed by atoms with Crippen LogP contribution >= 0.6 is 11.8 Å². The van der Waals surface area contributed by atoms with E-state index < -0.39 is 15.9 Å². The van der Waals surface area contributed by atoms with Gasteiger partial charge in [0.05, 0.1) is 16.8 Å². The number of hydrogen-bond donors (Lipinski definition) is 2. The fourth-order valence-corrected chi connectivity index (χ4v) is 4.71. The second kappa shape index (κ2) is 6.47. The van der Waals surface area contributed by atoms with Crippen LogP contribution in [0.5, 0.6) is 0 Å². The lowest BCUT2D eigenvalue weighted by Crippen LogP contribution is -2.41. The van der Waals surface area contributed by atoms with Gasteiger partial charge in [-0.15, -0.1) is 11.8 Å². The predicted octanol–water partition coefficient (Wildman–Crippen LogP) is 1.67. The van der Waals surface area contributed by atoms with Crippen molar-refractivity contribution in [2.24, 2.45) is 11.7 Å². The van der Waals surface area contributed by atoms with Crippen molar-refractivity contribution in [3.05, 3.63) is 24.3 Å². The lowest BCUT2D eigenvalue weighted by Gasteiger charge is -2.31. The Kier molecular flexibility index (Phi) is 5.12. The number of rotatable bonds is 4. The van der Waals surface area contributed by atoms with E-state index in [1.807, 2.05) is 18.4 Å². The fourth-order valence-electron chi connectivity index (χ4n) is 2.62. The quantitative estimate of drug-likeness (QED) is 0.826. The molecule has 0 unspecified atom stereocenters. The van der Waals surface area contributed by atoms with Crippen LogP contribution in [0.4, 0.5) is 0 Å². The summed E-state index contributed by atoms with van der Waals surface area (Å²) in [6, 6.07) is 6.77. The highest BCUT2D eigenvalue weighted by atomic mass is 32.2. The highest BCUT2D eigenvalue weighted by molar-refractivity contribution is 7.98. The Morgan fingerprint density at radius 2 is 1.95 bits per heavy atom. The SMILES string of the molecule is CSc1ccc(S(=O)(=O)C[C@H]2C[C@H](O)CC[C@@H]2N)cc1. The molecule has 0 bridgehead atoms. The van der Waals surface area contributed by atoms with Crippen molar-refractivity contribution in [3.63, 3.8) is 0 Å². The van der Waals surface area contributed by atoms with E-state index in [2.05, 4.69) is 0 Å². The lowest BCUT2D eigenvalue weighted by molar-refractivity contribution is 0.0969. The summed E-state index contributed by atoms with van der Waals surface area (Å²) in [6.45, 7) is 0. The Hall–Kier alpha value is -0.560. The van der Waals surface area contributed by atoms with E-state index in [1.54, 1.807) is 23.9 Å². The van der Waals surface area contributed by atoms with Crippen LogP contribution in [0, 0.1) is 5.92 Å². The van der Waals surface area contributed by atoms with Crippen molar-refractivity contribution in [1.82, 2.24) is 0 Å². The summed E-state index contributed by atoms with van der Waals surface area (Å²) in [5.74, 6) is -0.145. The highest BCUT2D eigenvalue weighted by Gasteiger charge is 2.31. The average molecular weight is 315 g/mol. The third-order valence-corrected chi connectivity index (χ3v) is 6.47. The standard InChI is InChI=1S/C14H21NO3S2/c1-19-12-3-5-13(6-4-12)20(17,18)9-10-8-11(16)2-7-14(10)15/h3-6,10-11,14,16H,2,7-9,15H2,1H3/t10-,11-,14+/m1/s1. The van der Waals surface area contributed by atoms with Gasteiger partial charge in [-0.3, -0.25) is 0 Å². The number of aliphatic hydroxyl groups excluding tert-OH is 1. The largest absolute Gasteiger partial charge is 0.393 e. The first-order chi connectivity index (χ1) is 9.42. The Bertz CT molecular complexity index is 542. The lowest BCUT2D eigenvalue weighted by atomic mass is 9.85. The van der Waals surface area contributed by atoms with Crippen LogP contribution in [0.1, 0.15) is 19.3 Å². The molecule has 1 fully saturated rings. The summed E-state index contributed by atoms with van der Waals surface area (Å²) in [7, 11) is -3.34. The minimum Gasteiger partial charge on any atom is -0.393 e. The van der Waals surface area contributed by atoms with Crippen LogP contribution in [0.25, 0.3) is 0 Å². The van der Waals surface area contributed by atoms with Gasteiger partial charge in [0, 0.05) is 10.9 Å². The van der Waals surface area contributed by atoms with Crippen LogP contribution in [0.3, 0.4) is 0 Å². The molecule has 0 radical (unpaired) electrons. The fraction of sp³-hybridized carbons (Fsp3) is 0.571. The Morgan fingerprint density at radius 3 is 2.55 bits per heavy atom. The summed E-state index contributed by atoms with van der Waals surface area (Å²) in [6.07, 6.45) is 3.36. The molecular weight excluding hydrogens is 294 g/mol. The molecule has 1 saturated carbocycles. The van der Waals surface area contributed by atoms with Gasteiger partial charge in [-0.25, -0.2) is 8.42 Å². The van der Waals surface area contributed by atoms with E-state index >= 15 is 0 Å². The highest BCUT2D eigenvalue weighted by Crippen LogP contribution is 2.27. The number of benzene rings is 1. The Morgan fingerprint density at radius 1 is 1.30 bits per heavy atom. The molecule has 0 amide bonds. The van der Waals surface area contributed by atoms with E-state index in [4.69, 9.17) is 5.73 Å². The smallest absolute Gasteiger partial charge is 0.178 e. The Balaban J connectivity index is 2.13. The second-order valence-electron chi connectivity index (χ2n) is 5.35. The van der Waals surface area contributed by atoms with Gasteiger partial charge in [-0.1, -0.05) is 0 Å². The van der Waals surface area contributed by atoms with Gasteiger partial charge in [0.1, 0.15) is 0 Å². The predicted molar refractivity (Wildman–Crippen MR) is 81.6 cm³/mol. The van der Waals surface area contributed by atoms with Crippen molar-refractivity contribution in [2.45, 2.75) is 41.2 Å². The number of thioether (sulfide) groups is 1. The molecule has 0 aromatic heterocycles. The first-order valence-corrected chi connectivity index (χ1v) is 9.60. The van der Waals surface area contributed by atoms with E-state index in [0.717, 1.165) is 4.90 Å². The molecule has 112 valence electrons. The summed E-state index contributed by atoms with van der Waals surface area (Å²) in [5, 5.41) is 9.68. The topological polar surface area (TPSA) is 80.4 Å². The molecule has 1 aliphatic carbocycles. The monoisotopic (exact) mass is 315 g/mol. The molecule has 4 nitrogen and oxygen atoms in total. The zero-order valence-corrected chi connectivity index (χ0v) is 13.2. The summed E-state index contributed by atoms with van der Waals surface area (Å²) in [4.78, 5) is 1.37.